The van der Waals surface area contributed by atoms with Crippen molar-refractivity contribution in [3.05, 3.63) is 12.7 Å². The van der Waals surface area contributed by atoms with Crippen molar-refractivity contribution >= 4 is 22.9 Å². The Balaban J connectivity index is 1.98. The summed E-state index contributed by atoms with van der Waals surface area (Å²) in [7, 11) is 0. The van der Waals surface area contributed by atoms with E-state index in [0.717, 1.165) is 0 Å². The Hall–Kier alpha value is -2.34. The smallest absolute Gasteiger partial charge is 0.249 e. The Morgan fingerprint density at radius 3 is 2.73 bits per heavy atom. The number of aromatic nitrogens is 4. The van der Waals surface area contributed by atoms with Gasteiger partial charge in [0.2, 0.25) is 5.91 Å². The van der Waals surface area contributed by atoms with Gasteiger partial charge in [0, 0.05) is 0 Å². The first-order chi connectivity index (χ1) is 10.4. The van der Waals surface area contributed by atoms with E-state index in [1.165, 1.54) is 17.2 Å². The first kappa shape index (κ1) is 14.6. The van der Waals surface area contributed by atoms with Gasteiger partial charge >= 0.3 is 0 Å². The summed E-state index contributed by atoms with van der Waals surface area (Å²) < 4.78 is 6.70. The highest BCUT2D eigenvalue weighted by Crippen LogP contribution is 2.33. The molecule has 1 saturated heterocycles. The number of fused-ring (bicyclic) bond motifs is 1. The maximum atomic E-state index is 11.0. The van der Waals surface area contributed by atoms with Crippen LogP contribution in [-0.2, 0) is 9.53 Å². The molecule has 1 aliphatic rings. The van der Waals surface area contributed by atoms with Gasteiger partial charge in [0.1, 0.15) is 30.2 Å². The lowest BCUT2D eigenvalue weighted by Gasteiger charge is -2.18. The monoisotopic (exact) mass is 310 g/mol. The number of hydrogen-bond acceptors (Lipinski definition) is 9. The highest BCUT2D eigenvalue weighted by molar-refractivity contribution is 5.81. The molecule has 2 aromatic rings. The van der Waals surface area contributed by atoms with Crippen LogP contribution in [-0.4, -0.2) is 65.2 Å². The van der Waals surface area contributed by atoms with E-state index in [2.05, 4.69) is 15.0 Å². The average Bonchev–Trinajstić information content (AvgIpc) is 3.02. The summed E-state index contributed by atoms with van der Waals surface area (Å²) in [5, 5.41) is 29.7. The summed E-state index contributed by atoms with van der Waals surface area (Å²) in [4.78, 5) is 22.8. The van der Waals surface area contributed by atoms with Gasteiger partial charge in [-0.15, -0.1) is 0 Å². The molecule has 11 heteroatoms. The molecule has 0 bridgehead atoms. The fraction of sp³-hybridized carbons (Fsp3) is 0.455. The van der Waals surface area contributed by atoms with Gasteiger partial charge in [-0.3, -0.25) is 9.36 Å². The number of hydrogen-bond donors (Lipinski definition) is 5. The van der Waals surface area contributed by atoms with Crippen molar-refractivity contribution in [3.8, 4) is 0 Å². The number of primary amides is 1. The van der Waals surface area contributed by atoms with Crippen molar-refractivity contribution in [1.82, 2.24) is 19.5 Å². The predicted molar refractivity (Wildman–Crippen MR) is 70.9 cm³/mol. The maximum Gasteiger partial charge on any atom is 0.249 e. The molecule has 3 rings (SSSR count). The van der Waals surface area contributed by atoms with E-state index in [4.69, 9.17) is 16.2 Å². The highest BCUT2D eigenvalue weighted by atomic mass is 16.6. The molecule has 0 spiro atoms. The van der Waals surface area contributed by atoms with Crippen LogP contribution in [0.5, 0.6) is 0 Å². The molecule has 118 valence electrons. The lowest BCUT2D eigenvalue weighted by atomic mass is 10.1. The molecule has 3 unspecified atom stereocenters. The van der Waals surface area contributed by atoms with Gasteiger partial charge in [-0.05, 0) is 0 Å². The maximum absolute atomic E-state index is 11.0. The van der Waals surface area contributed by atoms with Gasteiger partial charge in [-0.25, -0.2) is 15.0 Å². The summed E-state index contributed by atoms with van der Waals surface area (Å²) in [6.07, 6.45) is -4.66. The Kier molecular flexibility index (Phi) is 3.41. The standard InChI is InChI=1S/C11H14N6O5/c12-8-3-10(15-1-14-8)17(2-16-3)11-5(19)4(18)7(22-11)6(20)9(13)21/h1-2,4-7,11,18-20H,(H2,13,21)(H2,12,14,15)/t4?,5?,6?,7-,11+/m0/s1. The van der Waals surface area contributed by atoms with Gasteiger partial charge in [0.25, 0.3) is 0 Å². The average molecular weight is 310 g/mol. The van der Waals surface area contributed by atoms with Crippen molar-refractivity contribution in [1.29, 1.82) is 0 Å². The van der Waals surface area contributed by atoms with Crippen molar-refractivity contribution in [2.24, 2.45) is 5.73 Å². The number of carbonyl (C=O) groups excluding carboxylic acids is 1. The van der Waals surface area contributed by atoms with Crippen LogP contribution in [0.1, 0.15) is 6.23 Å². The summed E-state index contributed by atoms with van der Waals surface area (Å²) in [5.74, 6) is -0.926. The van der Waals surface area contributed by atoms with E-state index in [1.54, 1.807) is 0 Å². The minimum atomic E-state index is -1.76. The number of amides is 1. The quantitative estimate of drug-likeness (QED) is 0.391. The molecule has 7 N–H and O–H groups in total. The minimum Gasteiger partial charge on any atom is -0.387 e. The Labute approximate surface area is 123 Å². The number of carbonyl (C=O) groups is 1. The van der Waals surface area contributed by atoms with Crippen LogP contribution in [0.4, 0.5) is 5.82 Å². The highest BCUT2D eigenvalue weighted by Gasteiger charge is 2.48. The van der Waals surface area contributed by atoms with Crippen LogP contribution in [0.3, 0.4) is 0 Å². The lowest BCUT2D eigenvalue weighted by Crippen LogP contribution is -2.45. The predicted octanol–water partition coefficient (Wildman–Crippen LogP) is -3.13. The number of nitrogens with zero attached hydrogens (tertiary/aromatic N) is 4. The van der Waals surface area contributed by atoms with Crippen molar-refractivity contribution in [2.45, 2.75) is 30.6 Å². The van der Waals surface area contributed by atoms with E-state index in [9.17, 15) is 20.1 Å². The number of rotatable bonds is 3. The lowest BCUT2D eigenvalue weighted by molar-refractivity contribution is -0.140. The fourth-order valence-corrected chi connectivity index (χ4v) is 2.39. The number of aliphatic hydroxyl groups excluding tert-OH is 3. The number of nitrogen functional groups attached to an aromatic ring is 1. The fourth-order valence-electron chi connectivity index (χ4n) is 2.39. The molecule has 2 aromatic heterocycles. The zero-order chi connectivity index (χ0) is 16.0. The molecule has 1 fully saturated rings. The largest absolute Gasteiger partial charge is 0.387 e. The van der Waals surface area contributed by atoms with Crippen LogP contribution in [0.25, 0.3) is 11.2 Å². The Morgan fingerprint density at radius 1 is 1.32 bits per heavy atom. The molecule has 22 heavy (non-hydrogen) atoms. The molecule has 5 atom stereocenters. The van der Waals surface area contributed by atoms with Crippen LogP contribution in [0, 0.1) is 0 Å². The van der Waals surface area contributed by atoms with Gasteiger partial charge < -0.3 is 31.5 Å². The minimum absolute atomic E-state index is 0.144. The van der Waals surface area contributed by atoms with Gasteiger partial charge in [0.05, 0.1) is 6.33 Å². The van der Waals surface area contributed by atoms with E-state index in [0.29, 0.717) is 5.52 Å². The summed E-state index contributed by atoms with van der Waals surface area (Å²) >= 11 is 0. The second-order valence-electron chi connectivity index (χ2n) is 4.90. The van der Waals surface area contributed by atoms with Gasteiger partial charge in [-0.1, -0.05) is 0 Å². The molecule has 11 nitrogen and oxygen atoms in total. The number of anilines is 1. The first-order valence-electron chi connectivity index (χ1n) is 6.33. The van der Waals surface area contributed by atoms with Crippen LogP contribution >= 0.6 is 0 Å². The first-order valence-corrected chi connectivity index (χ1v) is 6.33. The molecule has 0 saturated carbocycles. The van der Waals surface area contributed by atoms with Crippen molar-refractivity contribution < 1.29 is 24.9 Å². The van der Waals surface area contributed by atoms with Crippen molar-refractivity contribution in [2.75, 3.05) is 5.73 Å². The molecular formula is C11H14N6O5. The van der Waals surface area contributed by atoms with E-state index in [-0.39, 0.29) is 11.5 Å². The van der Waals surface area contributed by atoms with Crippen molar-refractivity contribution in [3.63, 3.8) is 0 Å². The SMILES string of the molecule is NC(=O)C(O)[C@H]1O[C@@H](n2cnc3c(N)ncnc32)C(O)C1O. The summed E-state index contributed by atoms with van der Waals surface area (Å²) in [6.45, 7) is 0. The molecule has 0 aliphatic carbocycles. The molecule has 1 aliphatic heterocycles. The topological polar surface area (TPSA) is 183 Å². The molecule has 3 heterocycles. The van der Waals surface area contributed by atoms with E-state index < -0.39 is 36.6 Å². The molecular weight excluding hydrogens is 296 g/mol. The number of nitrogens with two attached hydrogens (primary N) is 2. The normalized spacial score (nSPS) is 29.8. The number of imidazole rings is 1. The Bertz CT molecular complexity index is 720. The molecule has 0 aromatic carbocycles. The van der Waals surface area contributed by atoms with Gasteiger partial charge in [0.15, 0.2) is 23.8 Å². The van der Waals surface area contributed by atoms with Crippen LogP contribution in [0.2, 0.25) is 0 Å². The number of aliphatic hydroxyl groups is 3. The van der Waals surface area contributed by atoms with Gasteiger partial charge in [-0.2, -0.15) is 0 Å². The second-order valence-corrected chi connectivity index (χ2v) is 4.90. The third-order valence-electron chi connectivity index (χ3n) is 3.54. The van der Waals surface area contributed by atoms with E-state index >= 15 is 0 Å². The molecule has 0 radical (unpaired) electrons. The van der Waals surface area contributed by atoms with Crippen LogP contribution in [0.15, 0.2) is 12.7 Å². The zero-order valence-electron chi connectivity index (χ0n) is 11.1. The van der Waals surface area contributed by atoms with E-state index in [1.807, 2.05) is 0 Å². The third-order valence-corrected chi connectivity index (χ3v) is 3.54. The summed E-state index contributed by atoms with van der Waals surface area (Å²) in [6, 6.07) is 0. The number of ether oxygens (including phenoxy) is 1. The third kappa shape index (κ3) is 2.07. The Morgan fingerprint density at radius 2 is 2.05 bits per heavy atom. The second kappa shape index (κ2) is 5.14. The summed E-state index contributed by atoms with van der Waals surface area (Å²) in [5.41, 5.74) is 11.2. The van der Waals surface area contributed by atoms with Crippen LogP contribution < -0.4 is 11.5 Å². The zero-order valence-corrected chi connectivity index (χ0v) is 11.1. The molecule has 1 amide bonds.